The minimum atomic E-state index is -0.391. The third-order valence-corrected chi connectivity index (χ3v) is 2.77. The maximum Gasteiger partial charge on any atom is 0.344 e. The molecule has 0 radical (unpaired) electrons. The molecular formula is C14H21NO4. The smallest absolute Gasteiger partial charge is 0.344 e. The number of hydrogen-bond acceptors (Lipinski definition) is 5. The summed E-state index contributed by atoms with van der Waals surface area (Å²) in [5.74, 6) is 0.740. The monoisotopic (exact) mass is 267 g/mol. The standard InChI is InChI=1S/C14H21NO4/c1-5-18-14(16)9-19-12-7-6-11(10(2)15-3)8-13(12)17-4/h6-8,10,15H,5,9H2,1-4H3. The second-order valence-electron chi connectivity index (χ2n) is 4.01. The van der Waals surface area contributed by atoms with E-state index in [0.717, 1.165) is 5.56 Å². The number of hydrogen-bond donors (Lipinski definition) is 1. The molecule has 0 bridgehead atoms. The Bertz CT molecular complexity index is 420. The Balaban J connectivity index is 2.76. The van der Waals surface area contributed by atoms with Crippen molar-refractivity contribution in [1.29, 1.82) is 0 Å². The van der Waals surface area contributed by atoms with Gasteiger partial charge in [0.2, 0.25) is 0 Å². The number of ether oxygens (including phenoxy) is 3. The molecule has 0 saturated carbocycles. The van der Waals surface area contributed by atoms with E-state index in [0.29, 0.717) is 18.1 Å². The summed E-state index contributed by atoms with van der Waals surface area (Å²) in [6, 6.07) is 5.83. The molecule has 0 saturated heterocycles. The van der Waals surface area contributed by atoms with Crippen molar-refractivity contribution in [2.45, 2.75) is 19.9 Å². The number of benzene rings is 1. The fourth-order valence-corrected chi connectivity index (χ4v) is 1.58. The zero-order valence-electron chi connectivity index (χ0n) is 11.9. The van der Waals surface area contributed by atoms with Gasteiger partial charge in [0.15, 0.2) is 18.1 Å². The van der Waals surface area contributed by atoms with Crippen LogP contribution in [0.2, 0.25) is 0 Å². The van der Waals surface area contributed by atoms with Crippen molar-refractivity contribution < 1.29 is 19.0 Å². The van der Waals surface area contributed by atoms with E-state index in [9.17, 15) is 4.79 Å². The van der Waals surface area contributed by atoms with Crippen molar-refractivity contribution >= 4 is 5.97 Å². The highest BCUT2D eigenvalue weighted by atomic mass is 16.6. The van der Waals surface area contributed by atoms with E-state index in [2.05, 4.69) is 5.32 Å². The molecule has 0 aliphatic carbocycles. The SMILES string of the molecule is CCOC(=O)COc1ccc(C(C)NC)cc1OC. The van der Waals surface area contributed by atoms with E-state index in [4.69, 9.17) is 14.2 Å². The van der Waals surface area contributed by atoms with Gasteiger partial charge >= 0.3 is 5.97 Å². The van der Waals surface area contributed by atoms with Crippen LogP contribution in [-0.4, -0.2) is 33.3 Å². The van der Waals surface area contributed by atoms with Gasteiger partial charge < -0.3 is 19.5 Å². The lowest BCUT2D eigenvalue weighted by Crippen LogP contribution is -2.15. The molecule has 0 spiro atoms. The van der Waals surface area contributed by atoms with Crippen molar-refractivity contribution in [3.05, 3.63) is 23.8 Å². The molecule has 1 aromatic carbocycles. The Morgan fingerprint density at radius 2 is 2.11 bits per heavy atom. The topological polar surface area (TPSA) is 56.8 Å². The summed E-state index contributed by atoms with van der Waals surface area (Å²) in [6.07, 6.45) is 0. The van der Waals surface area contributed by atoms with Crippen LogP contribution < -0.4 is 14.8 Å². The molecule has 1 rings (SSSR count). The van der Waals surface area contributed by atoms with Crippen molar-refractivity contribution in [3.63, 3.8) is 0 Å². The summed E-state index contributed by atoms with van der Waals surface area (Å²) < 4.78 is 15.5. The molecule has 0 aliphatic heterocycles. The number of carbonyl (C=O) groups is 1. The fraction of sp³-hybridized carbons (Fsp3) is 0.500. The molecule has 0 fully saturated rings. The molecule has 0 aromatic heterocycles. The summed E-state index contributed by atoms with van der Waals surface area (Å²) in [7, 11) is 3.46. The third kappa shape index (κ3) is 4.44. The molecular weight excluding hydrogens is 246 g/mol. The first-order chi connectivity index (χ1) is 9.12. The number of rotatable bonds is 7. The molecule has 1 N–H and O–H groups in total. The quantitative estimate of drug-likeness (QED) is 0.765. The zero-order chi connectivity index (χ0) is 14.3. The van der Waals surface area contributed by atoms with Crippen molar-refractivity contribution in [2.24, 2.45) is 0 Å². The largest absolute Gasteiger partial charge is 0.493 e. The van der Waals surface area contributed by atoms with Crippen LogP contribution in [0.5, 0.6) is 11.5 Å². The van der Waals surface area contributed by atoms with E-state index < -0.39 is 5.97 Å². The van der Waals surface area contributed by atoms with Gasteiger partial charge in [0.1, 0.15) is 0 Å². The first-order valence-corrected chi connectivity index (χ1v) is 6.26. The normalized spacial score (nSPS) is 11.8. The summed E-state index contributed by atoms with van der Waals surface area (Å²) in [6.45, 7) is 4.03. The van der Waals surface area contributed by atoms with Gasteiger partial charge in [-0.25, -0.2) is 4.79 Å². The highest BCUT2D eigenvalue weighted by Crippen LogP contribution is 2.30. The third-order valence-electron chi connectivity index (χ3n) is 2.77. The number of esters is 1. The molecule has 5 nitrogen and oxygen atoms in total. The molecule has 0 amide bonds. The predicted molar refractivity (Wildman–Crippen MR) is 72.6 cm³/mol. The van der Waals surface area contributed by atoms with E-state index in [1.807, 2.05) is 26.1 Å². The predicted octanol–water partition coefficient (Wildman–Crippen LogP) is 1.92. The lowest BCUT2D eigenvalue weighted by molar-refractivity contribution is -0.145. The maximum atomic E-state index is 11.2. The second-order valence-corrected chi connectivity index (χ2v) is 4.01. The van der Waals surface area contributed by atoms with Gasteiger partial charge in [-0.05, 0) is 38.6 Å². The number of carbonyl (C=O) groups excluding carboxylic acids is 1. The van der Waals surface area contributed by atoms with Crippen LogP contribution in [0, 0.1) is 0 Å². The fourth-order valence-electron chi connectivity index (χ4n) is 1.58. The van der Waals surface area contributed by atoms with Gasteiger partial charge in [-0.2, -0.15) is 0 Å². The van der Waals surface area contributed by atoms with Crippen molar-refractivity contribution in [3.8, 4) is 11.5 Å². The summed E-state index contributed by atoms with van der Waals surface area (Å²) in [5.41, 5.74) is 1.09. The number of nitrogens with one attached hydrogen (secondary N) is 1. The van der Waals surface area contributed by atoms with E-state index in [-0.39, 0.29) is 12.6 Å². The summed E-state index contributed by atoms with van der Waals surface area (Å²) in [4.78, 5) is 11.2. The molecule has 0 aliphatic rings. The maximum absolute atomic E-state index is 11.2. The first-order valence-electron chi connectivity index (χ1n) is 6.26. The minimum Gasteiger partial charge on any atom is -0.493 e. The van der Waals surface area contributed by atoms with Crippen LogP contribution in [0.3, 0.4) is 0 Å². The minimum absolute atomic E-state index is 0.120. The van der Waals surface area contributed by atoms with Crippen LogP contribution >= 0.6 is 0 Å². The molecule has 19 heavy (non-hydrogen) atoms. The lowest BCUT2D eigenvalue weighted by atomic mass is 10.1. The Kier molecular flexibility index (Phi) is 6.15. The van der Waals surface area contributed by atoms with Crippen molar-refractivity contribution in [1.82, 2.24) is 5.32 Å². The Labute approximate surface area is 113 Å². The van der Waals surface area contributed by atoms with Gasteiger partial charge in [-0.3, -0.25) is 0 Å². The molecule has 1 aromatic rings. The van der Waals surface area contributed by atoms with E-state index >= 15 is 0 Å². The van der Waals surface area contributed by atoms with Crippen LogP contribution in [0.25, 0.3) is 0 Å². The van der Waals surface area contributed by atoms with Crippen LogP contribution in [0.4, 0.5) is 0 Å². The summed E-state index contributed by atoms with van der Waals surface area (Å²) >= 11 is 0. The second kappa shape index (κ2) is 7.63. The Morgan fingerprint density at radius 1 is 1.37 bits per heavy atom. The van der Waals surface area contributed by atoms with Crippen molar-refractivity contribution in [2.75, 3.05) is 27.4 Å². The van der Waals surface area contributed by atoms with Gasteiger partial charge in [0.25, 0.3) is 0 Å². The lowest BCUT2D eigenvalue weighted by Gasteiger charge is -2.15. The Hall–Kier alpha value is -1.75. The number of methoxy groups -OCH3 is 1. The van der Waals surface area contributed by atoms with E-state index in [1.54, 1.807) is 20.1 Å². The summed E-state index contributed by atoms with van der Waals surface area (Å²) in [5, 5.41) is 3.15. The zero-order valence-corrected chi connectivity index (χ0v) is 11.9. The molecule has 0 heterocycles. The average Bonchev–Trinajstić information content (AvgIpc) is 2.44. The van der Waals surface area contributed by atoms with Crippen LogP contribution in [-0.2, 0) is 9.53 Å². The van der Waals surface area contributed by atoms with Crippen LogP contribution in [0.15, 0.2) is 18.2 Å². The highest BCUT2D eigenvalue weighted by Gasteiger charge is 2.11. The Morgan fingerprint density at radius 3 is 2.68 bits per heavy atom. The molecule has 106 valence electrons. The van der Waals surface area contributed by atoms with Crippen LogP contribution in [0.1, 0.15) is 25.5 Å². The van der Waals surface area contributed by atoms with Gasteiger partial charge in [0.05, 0.1) is 13.7 Å². The van der Waals surface area contributed by atoms with Gasteiger partial charge in [0, 0.05) is 6.04 Å². The molecule has 1 atom stereocenters. The van der Waals surface area contributed by atoms with E-state index in [1.165, 1.54) is 0 Å². The molecule has 1 unspecified atom stereocenters. The average molecular weight is 267 g/mol. The van der Waals surface area contributed by atoms with Gasteiger partial charge in [-0.1, -0.05) is 6.07 Å². The molecule has 5 heteroatoms. The highest BCUT2D eigenvalue weighted by molar-refractivity contribution is 5.71. The first kappa shape index (κ1) is 15.3. The van der Waals surface area contributed by atoms with Gasteiger partial charge in [-0.15, -0.1) is 0 Å².